The molecule has 116 valence electrons. The van der Waals surface area contributed by atoms with Crippen molar-refractivity contribution in [2.75, 3.05) is 11.1 Å². The average molecular weight is 315 g/mol. The van der Waals surface area contributed by atoms with E-state index >= 15 is 0 Å². The third kappa shape index (κ3) is 4.84. The summed E-state index contributed by atoms with van der Waals surface area (Å²) in [6.45, 7) is 7.94. The Morgan fingerprint density at radius 3 is 2.41 bits per heavy atom. The Kier molecular flexibility index (Phi) is 5.55. The van der Waals surface area contributed by atoms with Gasteiger partial charge >= 0.3 is 0 Å². The Hall–Kier alpha value is -1.88. The number of thioether (sulfide) groups is 1. The number of rotatable bonds is 5. The van der Waals surface area contributed by atoms with E-state index in [1.165, 1.54) is 17.3 Å². The van der Waals surface area contributed by atoms with E-state index in [2.05, 4.69) is 21.4 Å². The van der Waals surface area contributed by atoms with Gasteiger partial charge in [-0.15, -0.1) is 0 Å². The Bertz CT molecular complexity index is 665. The third-order valence-electron chi connectivity index (χ3n) is 3.18. The number of carbonyl (C=O) groups excluding carboxylic acids is 1. The van der Waals surface area contributed by atoms with Gasteiger partial charge in [0.15, 0.2) is 5.16 Å². The third-order valence-corrected chi connectivity index (χ3v) is 4.03. The van der Waals surface area contributed by atoms with Crippen LogP contribution in [-0.2, 0) is 4.79 Å². The summed E-state index contributed by atoms with van der Waals surface area (Å²) in [6.07, 6.45) is 0.439. The minimum atomic E-state index is 0.0174. The van der Waals surface area contributed by atoms with Gasteiger partial charge in [-0.3, -0.25) is 4.79 Å². The van der Waals surface area contributed by atoms with E-state index in [0.717, 1.165) is 27.8 Å². The first-order valence-electron chi connectivity index (χ1n) is 7.26. The molecule has 1 amide bonds. The average Bonchev–Trinajstić information content (AvgIpc) is 2.41. The van der Waals surface area contributed by atoms with Crippen LogP contribution in [0.4, 0.5) is 5.69 Å². The van der Waals surface area contributed by atoms with Crippen LogP contribution in [0.3, 0.4) is 0 Å². The van der Waals surface area contributed by atoms with E-state index in [0.29, 0.717) is 12.2 Å². The molecule has 0 unspecified atom stereocenters. The van der Waals surface area contributed by atoms with Crippen molar-refractivity contribution < 1.29 is 4.79 Å². The number of anilines is 1. The second-order valence-corrected chi connectivity index (χ2v) is 6.46. The number of nitrogens with one attached hydrogen (secondary N) is 1. The second-order valence-electron chi connectivity index (χ2n) is 5.40. The van der Waals surface area contributed by atoms with Gasteiger partial charge in [-0.2, -0.15) is 0 Å². The van der Waals surface area contributed by atoms with Crippen LogP contribution in [0.5, 0.6) is 0 Å². The first-order chi connectivity index (χ1) is 10.4. The van der Waals surface area contributed by atoms with Crippen LogP contribution in [0, 0.1) is 27.7 Å². The molecule has 1 N–H and O–H groups in total. The van der Waals surface area contributed by atoms with Crippen LogP contribution in [0.25, 0.3) is 0 Å². The largest absolute Gasteiger partial charge is 0.326 e. The smallest absolute Gasteiger partial charge is 0.225 e. The van der Waals surface area contributed by atoms with E-state index in [9.17, 15) is 4.79 Å². The lowest BCUT2D eigenvalue weighted by Gasteiger charge is -2.09. The molecule has 1 aromatic carbocycles. The number of hydrogen-bond acceptors (Lipinski definition) is 4. The Labute approximate surface area is 135 Å². The zero-order chi connectivity index (χ0) is 16.1. The van der Waals surface area contributed by atoms with Gasteiger partial charge < -0.3 is 5.32 Å². The van der Waals surface area contributed by atoms with Crippen molar-refractivity contribution in [3.63, 3.8) is 0 Å². The molecule has 1 aromatic heterocycles. The normalized spacial score (nSPS) is 10.5. The molecule has 0 aliphatic carbocycles. The lowest BCUT2D eigenvalue weighted by Crippen LogP contribution is -2.13. The van der Waals surface area contributed by atoms with Gasteiger partial charge in [0.05, 0.1) is 0 Å². The van der Waals surface area contributed by atoms with Crippen molar-refractivity contribution in [3.8, 4) is 0 Å². The first-order valence-corrected chi connectivity index (χ1v) is 8.25. The van der Waals surface area contributed by atoms with Crippen LogP contribution < -0.4 is 5.32 Å². The molecule has 0 atom stereocenters. The van der Waals surface area contributed by atoms with Crippen LogP contribution in [0.1, 0.15) is 28.9 Å². The van der Waals surface area contributed by atoms with Gasteiger partial charge in [-0.1, -0.05) is 29.5 Å². The molecule has 22 heavy (non-hydrogen) atoms. The number of amides is 1. The highest BCUT2D eigenvalue weighted by atomic mass is 32.2. The number of benzene rings is 1. The molecule has 0 aliphatic heterocycles. The quantitative estimate of drug-likeness (QED) is 0.673. The van der Waals surface area contributed by atoms with Crippen molar-refractivity contribution in [2.45, 2.75) is 39.3 Å². The number of hydrogen-bond donors (Lipinski definition) is 1. The fourth-order valence-corrected chi connectivity index (χ4v) is 3.05. The highest BCUT2D eigenvalue weighted by molar-refractivity contribution is 7.99. The lowest BCUT2D eigenvalue weighted by molar-refractivity contribution is -0.115. The van der Waals surface area contributed by atoms with Crippen LogP contribution >= 0.6 is 11.8 Å². The molecule has 0 spiro atoms. The fourth-order valence-electron chi connectivity index (χ4n) is 2.16. The number of aromatic nitrogens is 2. The van der Waals surface area contributed by atoms with Crippen molar-refractivity contribution in [2.24, 2.45) is 0 Å². The molecular weight excluding hydrogens is 294 g/mol. The number of nitrogens with zero attached hydrogens (tertiary/aromatic N) is 2. The minimum Gasteiger partial charge on any atom is -0.326 e. The van der Waals surface area contributed by atoms with Crippen molar-refractivity contribution in [3.05, 3.63) is 46.8 Å². The highest BCUT2D eigenvalue weighted by Crippen LogP contribution is 2.18. The van der Waals surface area contributed by atoms with E-state index < -0.39 is 0 Å². The fraction of sp³-hybridized carbons (Fsp3) is 0.353. The summed E-state index contributed by atoms with van der Waals surface area (Å²) in [5.74, 6) is 0.684. The maximum atomic E-state index is 12.0. The molecule has 0 aliphatic rings. The molecule has 1 heterocycles. The predicted octanol–water partition coefficient (Wildman–Crippen LogP) is 3.83. The molecule has 2 aromatic rings. The number of aryl methyl sites for hydroxylation is 4. The summed E-state index contributed by atoms with van der Waals surface area (Å²) in [5.41, 5.74) is 5.06. The Morgan fingerprint density at radius 1 is 1.09 bits per heavy atom. The molecule has 0 fully saturated rings. The zero-order valence-electron chi connectivity index (χ0n) is 13.4. The van der Waals surface area contributed by atoms with Gasteiger partial charge in [-0.05, 0) is 45.4 Å². The second kappa shape index (κ2) is 7.40. The summed E-state index contributed by atoms with van der Waals surface area (Å²) in [4.78, 5) is 20.7. The summed E-state index contributed by atoms with van der Waals surface area (Å²) in [7, 11) is 0. The zero-order valence-corrected chi connectivity index (χ0v) is 14.3. The lowest BCUT2D eigenvalue weighted by atomic mass is 10.1. The maximum absolute atomic E-state index is 12.0. The van der Waals surface area contributed by atoms with Crippen molar-refractivity contribution in [1.29, 1.82) is 0 Å². The molecule has 2 rings (SSSR count). The van der Waals surface area contributed by atoms with Gasteiger partial charge in [0, 0.05) is 29.2 Å². The molecular formula is C17H21N3OS. The number of carbonyl (C=O) groups is 1. The van der Waals surface area contributed by atoms with Gasteiger partial charge in [-0.25, -0.2) is 9.97 Å². The summed E-state index contributed by atoms with van der Waals surface area (Å²) < 4.78 is 0. The predicted molar refractivity (Wildman–Crippen MR) is 91.4 cm³/mol. The summed E-state index contributed by atoms with van der Waals surface area (Å²) in [5, 5.41) is 3.69. The van der Waals surface area contributed by atoms with E-state index in [1.54, 1.807) is 0 Å². The van der Waals surface area contributed by atoms with Crippen molar-refractivity contribution >= 4 is 23.4 Å². The van der Waals surface area contributed by atoms with Crippen LogP contribution in [0.15, 0.2) is 29.4 Å². The molecule has 5 heteroatoms. The van der Waals surface area contributed by atoms with Gasteiger partial charge in [0.1, 0.15) is 0 Å². The first kappa shape index (κ1) is 16.5. The maximum Gasteiger partial charge on any atom is 0.225 e. The Balaban J connectivity index is 1.85. The van der Waals surface area contributed by atoms with E-state index in [-0.39, 0.29) is 5.91 Å². The van der Waals surface area contributed by atoms with Crippen LogP contribution in [-0.4, -0.2) is 21.6 Å². The van der Waals surface area contributed by atoms with E-state index in [1.807, 2.05) is 45.9 Å². The highest BCUT2D eigenvalue weighted by Gasteiger charge is 2.07. The van der Waals surface area contributed by atoms with Crippen molar-refractivity contribution in [1.82, 2.24) is 9.97 Å². The van der Waals surface area contributed by atoms with Crippen LogP contribution in [0.2, 0.25) is 0 Å². The molecule has 0 saturated heterocycles. The minimum absolute atomic E-state index is 0.0174. The SMILES string of the molecule is Cc1ccc(NC(=O)CCSc2nc(C)cc(C)n2)c(C)c1. The summed E-state index contributed by atoms with van der Waals surface area (Å²) in [6, 6.07) is 7.95. The standard InChI is InChI=1S/C17H21N3OS/c1-11-5-6-15(12(2)9-11)20-16(21)7-8-22-17-18-13(3)10-14(4)19-17/h5-6,9-10H,7-8H2,1-4H3,(H,20,21). The van der Waals surface area contributed by atoms with Gasteiger partial charge in [0.25, 0.3) is 0 Å². The van der Waals surface area contributed by atoms with Gasteiger partial charge in [0.2, 0.25) is 5.91 Å². The molecule has 4 nitrogen and oxygen atoms in total. The monoisotopic (exact) mass is 315 g/mol. The molecule has 0 bridgehead atoms. The summed E-state index contributed by atoms with van der Waals surface area (Å²) >= 11 is 1.51. The Morgan fingerprint density at radius 2 is 1.77 bits per heavy atom. The molecule has 0 radical (unpaired) electrons. The topological polar surface area (TPSA) is 54.9 Å². The molecule has 0 saturated carbocycles. The van der Waals surface area contributed by atoms with E-state index in [4.69, 9.17) is 0 Å².